The zero-order chi connectivity index (χ0) is 22.1. The van der Waals surface area contributed by atoms with Crippen LogP contribution < -0.4 is 10.5 Å². The van der Waals surface area contributed by atoms with Gasteiger partial charge in [0.05, 0.1) is 17.1 Å². The molecule has 0 aliphatic rings. The van der Waals surface area contributed by atoms with Crippen LogP contribution in [0.25, 0.3) is 5.65 Å². The molecular formula is C20H22N6O3S. The molecule has 10 heteroatoms. The minimum absolute atomic E-state index is 0.0248. The molecular weight excluding hydrogens is 404 g/mol. The Labute approximate surface area is 174 Å². The Morgan fingerprint density at radius 3 is 2.57 bits per heavy atom. The number of amides is 1. The second-order valence-corrected chi connectivity index (χ2v) is 8.63. The van der Waals surface area contributed by atoms with E-state index in [1.807, 2.05) is 20.8 Å². The maximum Gasteiger partial charge on any atom is 0.238 e. The maximum absolute atomic E-state index is 12.5. The fourth-order valence-corrected chi connectivity index (χ4v) is 3.85. The van der Waals surface area contributed by atoms with Crippen molar-refractivity contribution in [3.8, 4) is 6.07 Å². The van der Waals surface area contributed by atoms with Gasteiger partial charge < -0.3 is 5.32 Å². The highest BCUT2D eigenvalue weighted by molar-refractivity contribution is 7.89. The number of nitrogens with one attached hydrogen (secondary N) is 1. The molecule has 1 unspecified atom stereocenters. The highest BCUT2D eigenvalue weighted by Crippen LogP contribution is 2.19. The molecule has 0 aliphatic heterocycles. The summed E-state index contributed by atoms with van der Waals surface area (Å²) in [7, 11) is -3.75. The van der Waals surface area contributed by atoms with Gasteiger partial charge in [-0.1, -0.05) is 12.1 Å². The number of benzene rings is 1. The van der Waals surface area contributed by atoms with Crippen molar-refractivity contribution in [1.82, 2.24) is 19.9 Å². The predicted molar refractivity (Wildman–Crippen MR) is 110 cm³/mol. The summed E-state index contributed by atoms with van der Waals surface area (Å²) in [5.41, 5.74) is 4.21. The number of hydrogen-bond donors (Lipinski definition) is 2. The Morgan fingerprint density at radius 2 is 1.97 bits per heavy atom. The van der Waals surface area contributed by atoms with E-state index in [0.717, 1.165) is 22.5 Å². The van der Waals surface area contributed by atoms with Crippen LogP contribution in [0.4, 0.5) is 0 Å². The molecule has 2 aromatic heterocycles. The standard InChI is InChI=1S/C20H22N6O3S/c1-12(15-4-6-17(7-5-15)30(22,28)29)24-19(27)9-8-18-13(2)25-20-16(10-21)11-23-26(20)14(18)3/h4-7,11-12H,8-9H2,1-3H3,(H,24,27)(H2,22,28,29). The summed E-state index contributed by atoms with van der Waals surface area (Å²) < 4.78 is 24.3. The second-order valence-electron chi connectivity index (χ2n) is 7.07. The van der Waals surface area contributed by atoms with Crippen molar-refractivity contribution < 1.29 is 13.2 Å². The Balaban J connectivity index is 1.68. The van der Waals surface area contributed by atoms with Crippen LogP contribution in [0.1, 0.15) is 47.5 Å². The smallest absolute Gasteiger partial charge is 0.238 e. The molecule has 0 fully saturated rings. The minimum atomic E-state index is -3.75. The van der Waals surface area contributed by atoms with E-state index in [2.05, 4.69) is 21.5 Å². The summed E-state index contributed by atoms with van der Waals surface area (Å²) in [6.07, 6.45) is 2.21. The SMILES string of the molecule is Cc1nc2c(C#N)cnn2c(C)c1CCC(=O)NC(C)c1ccc(S(N)(=O)=O)cc1. The van der Waals surface area contributed by atoms with Crippen molar-refractivity contribution in [2.24, 2.45) is 5.14 Å². The Morgan fingerprint density at radius 1 is 1.30 bits per heavy atom. The highest BCUT2D eigenvalue weighted by atomic mass is 32.2. The molecule has 0 saturated heterocycles. The van der Waals surface area contributed by atoms with Crippen LogP contribution >= 0.6 is 0 Å². The summed E-state index contributed by atoms with van der Waals surface area (Å²) in [6.45, 7) is 5.56. The molecule has 0 spiro atoms. The molecule has 156 valence electrons. The molecule has 9 nitrogen and oxygen atoms in total. The van der Waals surface area contributed by atoms with Gasteiger partial charge in [-0.05, 0) is 50.5 Å². The number of carbonyl (C=O) groups is 1. The fraction of sp³-hybridized carbons (Fsp3) is 0.300. The minimum Gasteiger partial charge on any atom is -0.350 e. The first-order valence-electron chi connectivity index (χ1n) is 9.28. The lowest BCUT2D eigenvalue weighted by molar-refractivity contribution is -0.121. The van der Waals surface area contributed by atoms with E-state index < -0.39 is 10.0 Å². The van der Waals surface area contributed by atoms with Crippen molar-refractivity contribution in [1.29, 1.82) is 5.26 Å². The number of aryl methyl sites for hydroxylation is 2. The number of carbonyl (C=O) groups excluding carboxylic acids is 1. The van der Waals surface area contributed by atoms with Crippen LogP contribution in [-0.2, 0) is 21.2 Å². The summed E-state index contributed by atoms with van der Waals surface area (Å²) in [6, 6.07) is 7.87. The number of hydrogen-bond acceptors (Lipinski definition) is 6. The van der Waals surface area contributed by atoms with Crippen molar-refractivity contribution in [3.63, 3.8) is 0 Å². The van der Waals surface area contributed by atoms with Gasteiger partial charge in [0.2, 0.25) is 15.9 Å². The van der Waals surface area contributed by atoms with E-state index in [0.29, 0.717) is 17.6 Å². The number of aromatic nitrogens is 3. The lowest BCUT2D eigenvalue weighted by Crippen LogP contribution is -2.27. The predicted octanol–water partition coefficient (Wildman–Crippen LogP) is 1.68. The molecule has 1 amide bonds. The fourth-order valence-electron chi connectivity index (χ4n) is 3.33. The number of sulfonamides is 1. The second kappa shape index (κ2) is 8.22. The quantitative estimate of drug-likeness (QED) is 0.614. The molecule has 30 heavy (non-hydrogen) atoms. The van der Waals surface area contributed by atoms with Gasteiger partial charge in [0.1, 0.15) is 11.6 Å². The first kappa shape index (κ1) is 21.4. The van der Waals surface area contributed by atoms with Gasteiger partial charge in [-0.15, -0.1) is 0 Å². The van der Waals surface area contributed by atoms with Gasteiger partial charge >= 0.3 is 0 Å². The summed E-state index contributed by atoms with van der Waals surface area (Å²) >= 11 is 0. The molecule has 0 saturated carbocycles. The van der Waals surface area contributed by atoms with Gasteiger partial charge in [0, 0.05) is 17.8 Å². The molecule has 0 bridgehead atoms. The summed E-state index contributed by atoms with van der Waals surface area (Å²) in [4.78, 5) is 16.9. The average molecular weight is 427 g/mol. The third-order valence-corrected chi connectivity index (χ3v) is 5.95. The summed E-state index contributed by atoms with van der Waals surface area (Å²) in [5.74, 6) is -0.143. The molecule has 0 radical (unpaired) electrons. The molecule has 2 heterocycles. The van der Waals surface area contributed by atoms with Crippen LogP contribution in [0.3, 0.4) is 0 Å². The van der Waals surface area contributed by atoms with E-state index in [1.165, 1.54) is 18.3 Å². The first-order chi connectivity index (χ1) is 14.1. The highest BCUT2D eigenvalue weighted by Gasteiger charge is 2.16. The van der Waals surface area contributed by atoms with Crippen molar-refractivity contribution >= 4 is 21.6 Å². The molecule has 3 N–H and O–H groups in total. The molecule has 3 aromatic rings. The topological polar surface area (TPSA) is 143 Å². The van der Waals surface area contributed by atoms with Crippen LogP contribution in [-0.4, -0.2) is 28.9 Å². The number of rotatable bonds is 6. The van der Waals surface area contributed by atoms with E-state index in [1.54, 1.807) is 16.6 Å². The number of nitriles is 1. The molecule has 1 atom stereocenters. The zero-order valence-corrected chi connectivity index (χ0v) is 17.7. The van der Waals surface area contributed by atoms with Crippen LogP contribution in [0.2, 0.25) is 0 Å². The first-order valence-corrected chi connectivity index (χ1v) is 10.8. The normalized spacial score (nSPS) is 12.5. The Kier molecular flexibility index (Phi) is 5.87. The third kappa shape index (κ3) is 4.32. The van der Waals surface area contributed by atoms with E-state index in [9.17, 15) is 13.2 Å². The van der Waals surface area contributed by atoms with E-state index in [4.69, 9.17) is 10.4 Å². The monoisotopic (exact) mass is 426 g/mol. The largest absolute Gasteiger partial charge is 0.350 e. The van der Waals surface area contributed by atoms with Gasteiger partial charge in [0.15, 0.2) is 5.65 Å². The van der Waals surface area contributed by atoms with Gasteiger partial charge in [-0.3, -0.25) is 4.79 Å². The van der Waals surface area contributed by atoms with Crippen molar-refractivity contribution in [3.05, 3.63) is 58.5 Å². The van der Waals surface area contributed by atoms with Crippen LogP contribution in [0, 0.1) is 25.2 Å². The van der Waals surface area contributed by atoms with E-state index in [-0.39, 0.29) is 23.3 Å². The number of nitrogens with two attached hydrogens (primary N) is 1. The Hall–Kier alpha value is -3.29. The number of fused-ring (bicyclic) bond motifs is 1. The lowest BCUT2D eigenvalue weighted by atomic mass is 10.0. The lowest BCUT2D eigenvalue weighted by Gasteiger charge is -2.16. The van der Waals surface area contributed by atoms with Crippen LogP contribution in [0.15, 0.2) is 35.4 Å². The summed E-state index contributed by atoms with van der Waals surface area (Å²) in [5, 5.41) is 21.4. The molecule has 0 aliphatic carbocycles. The number of primary sulfonamides is 1. The van der Waals surface area contributed by atoms with Gasteiger partial charge in [0.25, 0.3) is 0 Å². The molecule has 1 aromatic carbocycles. The maximum atomic E-state index is 12.5. The van der Waals surface area contributed by atoms with E-state index >= 15 is 0 Å². The zero-order valence-electron chi connectivity index (χ0n) is 16.9. The molecule has 3 rings (SSSR count). The van der Waals surface area contributed by atoms with Crippen LogP contribution in [0.5, 0.6) is 0 Å². The average Bonchev–Trinajstić information content (AvgIpc) is 3.10. The van der Waals surface area contributed by atoms with Gasteiger partial charge in [-0.2, -0.15) is 10.4 Å². The Bertz CT molecular complexity index is 1260. The third-order valence-electron chi connectivity index (χ3n) is 5.02. The van der Waals surface area contributed by atoms with Crippen molar-refractivity contribution in [2.75, 3.05) is 0 Å². The number of nitrogens with zero attached hydrogens (tertiary/aromatic N) is 4. The van der Waals surface area contributed by atoms with Crippen molar-refractivity contribution in [2.45, 2.75) is 44.6 Å². The van der Waals surface area contributed by atoms with Gasteiger partial charge in [-0.25, -0.2) is 23.1 Å².